The number of carbonyl (C=O) groups is 1. The lowest BCUT2D eigenvalue weighted by molar-refractivity contribution is -0.117. The van der Waals surface area contributed by atoms with Gasteiger partial charge in [-0.15, -0.1) is 0 Å². The summed E-state index contributed by atoms with van der Waals surface area (Å²) in [4.78, 5) is 12.5. The largest absolute Gasteiger partial charge is 0.350 e. The zero-order valence-corrected chi connectivity index (χ0v) is 18.1. The summed E-state index contributed by atoms with van der Waals surface area (Å²) >= 11 is 0. The zero-order chi connectivity index (χ0) is 21.1. The maximum absolute atomic E-state index is 13.1. The third kappa shape index (κ3) is 4.29. The standard InChI is InChI=1S/C24H28N2O3S/c1-18-6-2-4-8-22(18)25-24(27)15-12-19-10-13-21(14-11-19)30(28,29)26-17-16-20-7-3-5-9-23(20)26/h3,5,7,9-15,18,22H,2,4,6,8,16-17H2,1H3,(H,25,27)/b15-12+/t18-,22-/m1/s1. The molecular weight excluding hydrogens is 396 g/mol. The smallest absolute Gasteiger partial charge is 0.264 e. The molecule has 0 saturated heterocycles. The molecule has 0 spiro atoms. The van der Waals surface area contributed by atoms with Gasteiger partial charge in [0.1, 0.15) is 0 Å². The monoisotopic (exact) mass is 424 g/mol. The van der Waals surface area contributed by atoms with Crippen LogP contribution in [-0.2, 0) is 21.2 Å². The lowest BCUT2D eigenvalue weighted by Crippen LogP contribution is -2.40. The molecule has 0 unspecified atom stereocenters. The van der Waals surface area contributed by atoms with Crippen LogP contribution in [0.2, 0.25) is 0 Å². The van der Waals surface area contributed by atoms with Gasteiger partial charge < -0.3 is 5.32 Å². The van der Waals surface area contributed by atoms with E-state index in [0.717, 1.165) is 42.5 Å². The second kappa shape index (κ2) is 8.64. The lowest BCUT2D eigenvalue weighted by Gasteiger charge is -2.29. The van der Waals surface area contributed by atoms with E-state index < -0.39 is 10.0 Å². The minimum atomic E-state index is -3.60. The van der Waals surface area contributed by atoms with Gasteiger partial charge in [-0.2, -0.15) is 0 Å². The topological polar surface area (TPSA) is 66.5 Å². The molecule has 2 aliphatic rings. The van der Waals surface area contributed by atoms with Gasteiger partial charge in [0.2, 0.25) is 5.91 Å². The molecule has 1 N–H and O–H groups in total. The number of rotatable bonds is 5. The van der Waals surface area contributed by atoms with Gasteiger partial charge in [-0.25, -0.2) is 8.42 Å². The number of benzene rings is 2. The lowest BCUT2D eigenvalue weighted by atomic mass is 9.86. The summed E-state index contributed by atoms with van der Waals surface area (Å²) in [5.74, 6) is 0.412. The Bertz CT molecular complexity index is 1040. The quantitative estimate of drug-likeness (QED) is 0.734. The maximum Gasteiger partial charge on any atom is 0.264 e. The van der Waals surface area contributed by atoms with Crippen LogP contribution in [0.25, 0.3) is 6.08 Å². The van der Waals surface area contributed by atoms with Crippen molar-refractivity contribution in [2.24, 2.45) is 5.92 Å². The highest BCUT2D eigenvalue weighted by atomic mass is 32.2. The fourth-order valence-electron chi connectivity index (χ4n) is 4.37. The van der Waals surface area contributed by atoms with Crippen LogP contribution in [0.4, 0.5) is 5.69 Å². The Hall–Kier alpha value is -2.60. The number of anilines is 1. The van der Waals surface area contributed by atoms with Crippen LogP contribution in [0, 0.1) is 5.92 Å². The Morgan fingerprint density at radius 2 is 1.80 bits per heavy atom. The Kier molecular flexibility index (Phi) is 5.95. The van der Waals surface area contributed by atoms with E-state index in [1.807, 2.05) is 24.3 Å². The van der Waals surface area contributed by atoms with Gasteiger partial charge in [0, 0.05) is 18.7 Å². The summed E-state index contributed by atoms with van der Waals surface area (Å²) < 4.78 is 27.6. The summed E-state index contributed by atoms with van der Waals surface area (Å²) in [5, 5.41) is 3.09. The van der Waals surface area contributed by atoms with Crippen LogP contribution in [0.15, 0.2) is 59.5 Å². The second-order valence-corrected chi connectivity index (χ2v) is 10.1. The van der Waals surface area contributed by atoms with Crippen molar-refractivity contribution in [1.82, 2.24) is 5.32 Å². The minimum Gasteiger partial charge on any atom is -0.350 e. The number of nitrogens with zero attached hydrogens (tertiary/aromatic N) is 1. The highest BCUT2D eigenvalue weighted by Gasteiger charge is 2.30. The number of hydrogen-bond acceptors (Lipinski definition) is 3. The molecular formula is C24H28N2O3S. The van der Waals surface area contributed by atoms with Gasteiger partial charge in [0.25, 0.3) is 10.0 Å². The van der Waals surface area contributed by atoms with Crippen LogP contribution in [-0.4, -0.2) is 26.9 Å². The fourth-order valence-corrected chi connectivity index (χ4v) is 5.87. The Balaban J connectivity index is 1.43. The first kappa shape index (κ1) is 20.7. The van der Waals surface area contributed by atoms with Crippen molar-refractivity contribution in [2.75, 3.05) is 10.8 Å². The van der Waals surface area contributed by atoms with Gasteiger partial charge >= 0.3 is 0 Å². The van der Waals surface area contributed by atoms with Gasteiger partial charge in [0.05, 0.1) is 10.6 Å². The molecule has 30 heavy (non-hydrogen) atoms. The summed E-state index contributed by atoms with van der Waals surface area (Å²) in [5.41, 5.74) is 2.61. The first-order valence-corrected chi connectivity index (χ1v) is 12.1. The average molecular weight is 425 g/mol. The molecule has 6 heteroatoms. The van der Waals surface area contributed by atoms with Crippen molar-refractivity contribution in [3.63, 3.8) is 0 Å². The van der Waals surface area contributed by atoms with Gasteiger partial charge in [-0.05, 0) is 60.6 Å². The van der Waals surface area contributed by atoms with Crippen LogP contribution in [0.5, 0.6) is 0 Å². The zero-order valence-electron chi connectivity index (χ0n) is 17.3. The highest BCUT2D eigenvalue weighted by Crippen LogP contribution is 2.32. The Labute approximate surface area is 178 Å². The number of carbonyl (C=O) groups excluding carboxylic acids is 1. The fraction of sp³-hybridized carbons (Fsp3) is 0.375. The predicted molar refractivity (Wildman–Crippen MR) is 120 cm³/mol. The molecule has 2 aromatic rings. The minimum absolute atomic E-state index is 0.0980. The van der Waals surface area contributed by atoms with E-state index in [1.165, 1.54) is 16.8 Å². The molecule has 1 heterocycles. The van der Waals surface area contributed by atoms with Crippen molar-refractivity contribution in [2.45, 2.75) is 50.0 Å². The van der Waals surface area contributed by atoms with Gasteiger partial charge in [-0.3, -0.25) is 9.10 Å². The van der Waals surface area contributed by atoms with Crippen LogP contribution in [0.3, 0.4) is 0 Å². The van der Waals surface area contributed by atoms with E-state index in [0.29, 0.717) is 12.5 Å². The van der Waals surface area contributed by atoms with E-state index in [2.05, 4.69) is 12.2 Å². The number of para-hydroxylation sites is 1. The SMILES string of the molecule is C[C@@H]1CCCC[C@H]1NC(=O)/C=C/c1ccc(S(=O)(=O)N2CCc3ccccc32)cc1. The first-order valence-electron chi connectivity index (χ1n) is 10.6. The molecule has 0 bridgehead atoms. The maximum atomic E-state index is 13.1. The van der Waals surface area contributed by atoms with E-state index >= 15 is 0 Å². The normalized spacial score (nSPS) is 21.6. The van der Waals surface area contributed by atoms with E-state index in [1.54, 1.807) is 30.3 Å². The van der Waals surface area contributed by atoms with Crippen molar-refractivity contribution in [1.29, 1.82) is 0 Å². The summed E-state index contributed by atoms with van der Waals surface area (Å²) in [6.07, 6.45) is 8.58. The summed E-state index contributed by atoms with van der Waals surface area (Å²) in [7, 11) is -3.60. The Morgan fingerprint density at radius 1 is 1.07 bits per heavy atom. The molecule has 1 amide bonds. The number of nitrogens with one attached hydrogen (secondary N) is 1. The molecule has 0 radical (unpaired) electrons. The number of sulfonamides is 1. The van der Waals surface area contributed by atoms with E-state index in [-0.39, 0.29) is 16.8 Å². The van der Waals surface area contributed by atoms with Crippen molar-refractivity contribution < 1.29 is 13.2 Å². The molecule has 4 rings (SSSR count). The van der Waals surface area contributed by atoms with Crippen molar-refractivity contribution >= 4 is 27.7 Å². The molecule has 158 valence electrons. The van der Waals surface area contributed by atoms with Crippen LogP contribution in [0.1, 0.15) is 43.7 Å². The third-order valence-electron chi connectivity index (χ3n) is 6.18. The summed E-state index contributed by atoms with van der Waals surface area (Å²) in [6.45, 7) is 2.65. The molecule has 0 aromatic heterocycles. The van der Waals surface area contributed by atoms with E-state index in [4.69, 9.17) is 0 Å². The first-order chi connectivity index (χ1) is 14.4. The molecule has 1 aliphatic carbocycles. The second-order valence-electron chi connectivity index (χ2n) is 8.24. The van der Waals surface area contributed by atoms with E-state index in [9.17, 15) is 13.2 Å². The molecule has 2 aromatic carbocycles. The van der Waals surface area contributed by atoms with Crippen LogP contribution < -0.4 is 9.62 Å². The van der Waals surface area contributed by atoms with Crippen molar-refractivity contribution in [3.8, 4) is 0 Å². The number of amides is 1. The highest BCUT2D eigenvalue weighted by molar-refractivity contribution is 7.92. The number of hydrogen-bond donors (Lipinski definition) is 1. The van der Waals surface area contributed by atoms with Crippen molar-refractivity contribution in [3.05, 3.63) is 65.7 Å². The molecule has 1 saturated carbocycles. The van der Waals surface area contributed by atoms with Gasteiger partial charge in [-0.1, -0.05) is 50.1 Å². The Morgan fingerprint density at radius 3 is 2.57 bits per heavy atom. The van der Waals surface area contributed by atoms with Crippen LogP contribution >= 0.6 is 0 Å². The molecule has 1 fully saturated rings. The molecule has 1 aliphatic heterocycles. The molecule has 2 atom stereocenters. The van der Waals surface area contributed by atoms with Gasteiger partial charge in [0.15, 0.2) is 0 Å². The molecule has 5 nitrogen and oxygen atoms in total. The predicted octanol–water partition coefficient (Wildman–Crippen LogP) is 4.15. The summed E-state index contributed by atoms with van der Waals surface area (Å²) in [6, 6.07) is 14.5. The third-order valence-corrected chi connectivity index (χ3v) is 8.01. The average Bonchev–Trinajstić information content (AvgIpc) is 3.19. The number of fused-ring (bicyclic) bond motifs is 1.